The number of hydrogen-bond acceptors (Lipinski definition) is 5. The number of nitrogens with one attached hydrogen (secondary N) is 1. The number of aromatic nitrogens is 2. The van der Waals surface area contributed by atoms with E-state index in [9.17, 15) is 9.59 Å². The summed E-state index contributed by atoms with van der Waals surface area (Å²) in [7, 11) is 0. The molecule has 2 heterocycles. The molecule has 118 valence electrons. The summed E-state index contributed by atoms with van der Waals surface area (Å²) in [6.45, 7) is 1.46. The van der Waals surface area contributed by atoms with Gasteiger partial charge in [0.1, 0.15) is 5.56 Å². The van der Waals surface area contributed by atoms with Crippen molar-refractivity contribution >= 4 is 22.2 Å². The van der Waals surface area contributed by atoms with Crippen molar-refractivity contribution in [3.8, 4) is 11.3 Å². The molecule has 0 aliphatic carbocycles. The van der Waals surface area contributed by atoms with Crippen LogP contribution in [0.3, 0.4) is 0 Å². The van der Waals surface area contributed by atoms with Gasteiger partial charge in [-0.05, 0) is 12.5 Å². The van der Waals surface area contributed by atoms with Crippen LogP contribution in [0.25, 0.3) is 16.2 Å². The van der Waals surface area contributed by atoms with E-state index in [0.717, 1.165) is 5.56 Å². The number of rotatable bonds is 4. The SMILES string of the molecule is CC(CO)NC(=O)c1cnc2scc(-c3ccccc3)n2c1=O. The van der Waals surface area contributed by atoms with Crippen LogP contribution in [0.5, 0.6) is 0 Å². The maximum atomic E-state index is 12.7. The summed E-state index contributed by atoms with van der Waals surface area (Å²) in [6.07, 6.45) is 1.28. The Morgan fingerprint density at radius 2 is 2.13 bits per heavy atom. The molecule has 2 N–H and O–H groups in total. The molecule has 1 atom stereocenters. The number of fused-ring (bicyclic) bond motifs is 1. The van der Waals surface area contributed by atoms with Crippen LogP contribution >= 0.6 is 11.3 Å². The summed E-state index contributed by atoms with van der Waals surface area (Å²) < 4.78 is 1.44. The van der Waals surface area contributed by atoms with Crippen LogP contribution in [-0.4, -0.2) is 33.0 Å². The van der Waals surface area contributed by atoms with Crippen LogP contribution in [0.15, 0.2) is 46.7 Å². The van der Waals surface area contributed by atoms with E-state index in [1.165, 1.54) is 21.9 Å². The van der Waals surface area contributed by atoms with Crippen molar-refractivity contribution in [3.63, 3.8) is 0 Å². The topological polar surface area (TPSA) is 83.7 Å². The van der Waals surface area contributed by atoms with E-state index in [-0.39, 0.29) is 12.2 Å². The first-order chi connectivity index (χ1) is 11.1. The molecule has 1 amide bonds. The number of thiazole rings is 1. The van der Waals surface area contributed by atoms with Crippen LogP contribution in [0.2, 0.25) is 0 Å². The van der Waals surface area contributed by atoms with Gasteiger partial charge in [-0.15, -0.1) is 11.3 Å². The molecule has 0 aliphatic heterocycles. The van der Waals surface area contributed by atoms with E-state index in [2.05, 4.69) is 10.3 Å². The molecule has 0 saturated heterocycles. The molecule has 6 nitrogen and oxygen atoms in total. The van der Waals surface area contributed by atoms with Gasteiger partial charge in [-0.25, -0.2) is 4.98 Å². The van der Waals surface area contributed by atoms with Gasteiger partial charge < -0.3 is 10.4 Å². The number of carbonyl (C=O) groups excluding carboxylic acids is 1. The van der Waals surface area contributed by atoms with E-state index in [4.69, 9.17) is 5.11 Å². The second-order valence-corrected chi connectivity index (χ2v) is 5.98. The first-order valence-electron chi connectivity index (χ1n) is 7.08. The average molecular weight is 329 g/mol. The molecular weight excluding hydrogens is 314 g/mol. The fourth-order valence-corrected chi connectivity index (χ4v) is 3.06. The van der Waals surface area contributed by atoms with Crippen LogP contribution in [0.4, 0.5) is 0 Å². The fourth-order valence-electron chi connectivity index (χ4n) is 2.21. The summed E-state index contributed by atoms with van der Waals surface area (Å²) in [5.74, 6) is -0.538. The van der Waals surface area contributed by atoms with Crippen molar-refractivity contribution in [3.05, 3.63) is 57.8 Å². The molecule has 23 heavy (non-hydrogen) atoms. The highest BCUT2D eigenvalue weighted by atomic mass is 32.1. The van der Waals surface area contributed by atoms with Gasteiger partial charge >= 0.3 is 0 Å². The Balaban J connectivity index is 2.12. The number of hydrogen-bond donors (Lipinski definition) is 2. The minimum atomic E-state index is -0.538. The van der Waals surface area contributed by atoms with Crippen molar-refractivity contribution in [2.24, 2.45) is 0 Å². The number of amides is 1. The Bertz CT molecular complexity index is 902. The lowest BCUT2D eigenvalue weighted by Gasteiger charge is -2.10. The number of aliphatic hydroxyl groups excluding tert-OH is 1. The van der Waals surface area contributed by atoms with Crippen molar-refractivity contribution in [1.29, 1.82) is 0 Å². The van der Waals surface area contributed by atoms with Crippen molar-refractivity contribution in [1.82, 2.24) is 14.7 Å². The standard InChI is InChI=1S/C16H15N3O3S/c1-10(8-20)18-14(21)12-7-17-16-19(15(12)22)13(9-23-16)11-5-3-2-4-6-11/h2-7,9-10,20H,8H2,1H3,(H,18,21). The molecule has 2 aromatic heterocycles. The third kappa shape index (κ3) is 2.88. The maximum Gasteiger partial charge on any atom is 0.271 e. The second kappa shape index (κ2) is 6.31. The lowest BCUT2D eigenvalue weighted by atomic mass is 10.2. The van der Waals surface area contributed by atoms with Gasteiger partial charge in [-0.2, -0.15) is 0 Å². The number of carbonyl (C=O) groups is 1. The second-order valence-electron chi connectivity index (χ2n) is 5.14. The van der Waals surface area contributed by atoms with Crippen LogP contribution in [0, 0.1) is 0 Å². The minimum absolute atomic E-state index is 0.0432. The Labute approximate surface area is 136 Å². The zero-order chi connectivity index (χ0) is 16.4. The molecule has 0 radical (unpaired) electrons. The molecule has 3 aromatic rings. The molecule has 3 rings (SSSR count). The van der Waals surface area contributed by atoms with E-state index in [1.54, 1.807) is 6.92 Å². The van der Waals surface area contributed by atoms with Crippen molar-refractivity contribution in [2.45, 2.75) is 13.0 Å². The van der Waals surface area contributed by atoms with Crippen molar-refractivity contribution < 1.29 is 9.90 Å². The van der Waals surface area contributed by atoms with Crippen LogP contribution < -0.4 is 10.9 Å². The maximum absolute atomic E-state index is 12.7. The minimum Gasteiger partial charge on any atom is -0.394 e. The Morgan fingerprint density at radius 1 is 1.39 bits per heavy atom. The third-order valence-electron chi connectivity index (χ3n) is 3.41. The first-order valence-corrected chi connectivity index (χ1v) is 7.96. The van der Waals surface area contributed by atoms with Gasteiger partial charge in [0.25, 0.3) is 11.5 Å². The van der Waals surface area contributed by atoms with Gasteiger partial charge in [-0.3, -0.25) is 14.0 Å². The highest BCUT2D eigenvalue weighted by Gasteiger charge is 2.18. The van der Waals surface area contributed by atoms with Crippen LogP contribution in [-0.2, 0) is 0 Å². The molecule has 0 spiro atoms. The number of aliphatic hydroxyl groups is 1. The van der Waals surface area contributed by atoms with Gasteiger partial charge in [0.2, 0.25) is 0 Å². The third-order valence-corrected chi connectivity index (χ3v) is 4.25. The summed E-state index contributed by atoms with van der Waals surface area (Å²) >= 11 is 1.34. The molecular formula is C16H15N3O3S. The van der Waals surface area contributed by atoms with Gasteiger partial charge in [0, 0.05) is 17.6 Å². The largest absolute Gasteiger partial charge is 0.394 e. The number of benzene rings is 1. The summed E-state index contributed by atoms with van der Waals surface area (Å²) in [5, 5.41) is 13.4. The van der Waals surface area contributed by atoms with E-state index in [0.29, 0.717) is 10.7 Å². The normalized spacial score (nSPS) is 12.3. The summed E-state index contributed by atoms with van der Waals surface area (Å²) in [6, 6.07) is 9.03. The van der Waals surface area contributed by atoms with Gasteiger partial charge in [-0.1, -0.05) is 30.3 Å². The summed E-state index contributed by atoms with van der Waals surface area (Å²) in [4.78, 5) is 29.6. The average Bonchev–Trinajstić information content (AvgIpc) is 3.00. The zero-order valence-corrected chi connectivity index (χ0v) is 13.2. The molecule has 0 aliphatic rings. The van der Waals surface area contributed by atoms with Crippen LogP contribution in [0.1, 0.15) is 17.3 Å². The van der Waals surface area contributed by atoms with Gasteiger partial charge in [0.05, 0.1) is 12.3 Å². The van der Waals surface area contributed by atoms with E-state index in [1.807, 2.05) is 35.7 Å². The smallest absolute Gasteiger partial charge is 0.271 e. The highest BCUT2D eigenvalue weighted by molar-refractivity contribution is 7.15. The molecule has 1 aromatic carbocycles. The summed E-state index contributed by atoms with van der Waals surface area (Å²) in [5.41, 5.74) is 1.12. The highest BCUT2D eigenvalue weighted by Crippen LogP contribution is 2.23. The zero-order valence-electron chi connectivity index (χ0n) is 12.4. The molecule has 1 unspecified atom stereocenters. The Hall–Kier alpha value is -2.51. The quantitative estimate of drug-likeness (QED) is 0.760. The predicted octanol–water partition coefficient (Wildman–Crippen LogP) is 1.53. The Kier molecular flexibility index (Phi) is 4.22. The lowest BCUT2D eigenvalue weighted by molar-refractivity contribution is 0.0920. The molecule has 0 bridgehead atoms. The monoisotopic (exact) mass is 329 g/mol. The lowest BCUT2D eigenvalue weighted by Crippen LogP contribution is -2.38. The molecule has 0 saturated carbocycles. The molecule has 0 fully saturated rings. The van der Waals surface area contributed by atoms with E-state index >= 15 is 0 Å². The molecule has 7 heteroatoms. The fraction of sp³-hybridized carbons (Fsp3) is 0.188. The Morgan fingerprint density at radius 3 is 2.83 bits per heavy atom. The van der Waals surface area contributed by atoms with E-state index < -0.39 is 17.5 Å². The van der Waals surface area contributed by atoms with Gasteiger partial charge in [0.15, 0.2) is 4.96 Å². The first kappa shape index (κ1) is 15.4. The van der Waals surface area contributed by atoms with Crippen molar-refractivity contribution in [2.75, 3.05) is 6.61 Å². The predicted molar refractivity (Wildman–Crippen MR) is 88.8 cm³/mol. The number of nitrogens with zero attached hydrogens (tertiary/aromatic N) is 2.